The van der Waals surface area contributed by atoms with Gasteiger partial charge in [-0.2, -0.15) is 0 Å². The number of rotatable bonds is 5. The molecule has 0 aromatic carbocycles. The maximum absolute atomic E-state index is 11.9. The van der Waals surface area contributed by atoms with Crippen molar-refractivity contribution in [2.24, 2.45) is 13.0 Å². The quantitative estimate of drug-likeness (QED) is 0.759. The van der Waals surface area contributed by atoms with Crippen LogP contribution in [0.2, 0.25) is 0 Å². The zero-order valence-electron chi connectivity index (χ0n) is 11.8. The van der Waals surface area contributed by atoms with Gasteiger partial charge in [-0.25, -0.2) is 4.79 Å². The highest BCUT2D eigenvalue weighted by atomic mass is 79.9. The normalized spacial score (nSPS) is 12.3. The van der Waals surface area contributed by atoms with E-state index in [1.807, 2.05) is 13.8 Å². The third-order valence-corrected chi connectivity index (χ3v) is 3.53. The van der Waals surface area contributed by atoms with Crippen LogP contribution in [0, 0.1) is 5.92 Å². The maximum atomic E-state index is 11.9. The van der Waals surface area contributed by atoms with E-state index in [1.54, 1.807) is 19.3 Å². The van der Waals surface area contributed by atoms with Gasteiger partial charge in [0.05, 0.1) is 10.2 Å². The molecular formula is C13H20BrN3O3. The Labute approximate surface area is 126 Å². The van der Waals surface area contributed by atoms with E-state index in [1.165, 1.54) is 4.57 Å². The van der Waals surface area contributed by atoms with Gasteiger partial charge in [-0.05, 0) is 34.3 Å². The number of aromatic nitrogens is 1. The van der Waals surface area contributed by atoms with Crippen molar-refractivity contribution < 1.29 is 9.90 Å². The molecule has 2 amide bonds. The number of carbonyl (C=O) groups is 1. The number of nitrogens with one attached hydrogen (secondary N) is 2. The third kappa shape index (κ3) is 4.64. The third-order valence-electron chi connectivity index (χ3n) is 2.96. The van der Waals surface area contributed by atoms with Gasteiger partial charge in [-0.1, -0.05) is 13.8 Å². The minimum absolute atomic E-state index is 0.0223. The number of carbonyl (C=O) groups excluding carboxylic acids is 1. The summed E-state index contributed by atoms with van der Waals surface area (Å²) in [5, 5.41) is 14.5. The highest BCUT2D eigenvalue weighted by Crippen LogP contribution is 2.12. The number of amides is 2. The van der Waals surface area contributed by atoms with Crippen LogP contribution in [-0.4, -0.2) is 28.4 Å². The molecular weight excluding hydrogens is 326 g/mol. The number of halogens is 1. The Bertz CT molecular complexity index is 502. The lowest BCUT2D eigenvalue weighted by Gasteiger charge is -2.21. The number of hydrogen-bond donors (Lipinski definition) is 3. The number of aryl methyl sites for hydroxylation is 1. The van der Waals surface area contributed by atoms with E-state index < -0.39 is 0 Å². The van der Waals surface area contributed by atoms with Gasteiger partial charge in [-0.3, -0.25) is 4.79 Å². The number of anilines is 1. The first-order chi connectivity index (χ1) is 9.35. The Morgan fingerprint density at radius 1 is 1.50 bits per heavy atom. The smallest absolute Gasteiger partial charge is 0.319 e. The van der Waals surface area contributed by atoms with E-state index in [0.29, 0.717) is 16.6 Å². The van der Waals surface area contributed by atoms with Crippen LogP contribution >= 0.6 is 15.9 Å². The summed E-state index contributed by atoms with van der Waals surface area (Å²) in [5.74, 6) is 0.222. The molecule has 1 rings (SSSR count). The average Bonchev–Trinajstić information content (AvgIpc) is 2.35. The number of pyridine rings is 1. The predicted molar refractivity (Wildman–Crippen MR) is 81.9 cm³/mol. The summed E-state index contributed by atoms with van der Waals surface area (Å²) in [7, 11) is 1.61. The molecule has 1 atom stereocenters. The molecule has 0 aliphatic rings. The van der Waals surface area contributed by atoms with Gasteiger partial charge >= 0.3 is 6.03 Å². The van der Waals surface area contributed by atoms with Gasteiger partial charge in [0.2, 0.25) is 0 Å². The van der Waals surface area contributed by atoms with Gasteiger partial charge in [0.1, 0.15) is 0 Å². The maximum Gasteiger partial charge on any atom is 0.319 e. The van der Waals surface area contributed by atoms with Gasteiger partial charge in [0.25, 0.3) is 5.56 Å². The van der Waals surface area contributed by atoms with E-state index in [4.69, 9.17) is 5.11 Å². The summed E-state index contributed by atoms with van der Waals surface area (Å²) in [5.41, 5.74) is 0.347. The SMILES string of the molecule is CC(C)C(CCO)NC(=O)Nc1cc(Br)c(=O)n(C)c1. The van der Waals surface area contributed by atoms with Gasteiger partial charge in [0.15, 0.2) is 0 Å². The molecule has 7 heteroatoms. The molecule has 0 saturated heterocycles. The van der Waals surface area contributed by atoms with E-state index >= 15 is 0 Å². The van der Waals surface area contributed by atoms with Crippen LogP contribution in [-0.2, 0) is 7.05 Å². The van der Waals surface area contributed by atoms with E-state index in [-0.39, 0.29) is 30.2 Å². The molecule has 1 unspecified atom stereocenters. The molecule has 0 aliphatic heterocycles. The molecule has 1 aromatic heterocycles. The Kier molecular flexibility index (Phi) is 6.22. The van der Waals surface area contributed by atoms with Gasteiger partial charge in [0, 0.05) is 25.9 Å². The van der Waals surface area contributed by atoms with Gasteiger partial charge < -0.3 is 20.3 Å². The lowest BCUT2D eigenvalue weighted by atomic mass is 10.0. The largest absolute Gasteiger partial charge is 0.396 e. The zero-order chi connectivity index (χ0) is 15.3. The molecule has 1 aromatic rings. The molecule has 0 aliphatic carbocycles. The lowest BCUT2D eigenvalue weighted by molar-refractivity contribution is 0.227. The van der Waals surface area contributed by atoms with Crippen LogP contribution < -0.4 is 16.2 Å². The summed E-state index contributed by atoms with van der Waals surface area (Å²) in [6.07, 6.45) is 2.05. The molecule has 0 bridgehead atoms. The van der Waals surface area contributed by atoms with Crippen LogP contribution in [0.15, 0.2) is 21.5 Å². The Balaban J connectivity index is 2.73. The molecule has 6 nitrogen and oxygen atoms in total. The fourth-order valence-corrected chi connectivity index (χ4v) is 2.31. The number of nitrogens with zero attached hydrogens (tertiary/aromatic N) is 1. The van der Waals surface area contributed by atoms with Crippen LogP contribution in [0.1, 0.15) is 20.3 Å². The monoisotopic (exact) mass is 345 g/mol. The molecule has 0 spiro atoms. The van der Waals surface area contributed by atoms with Crippen LogP contribution in [0.4, 0.5) is 10.5 Å². The number of aliphatic hydroxyl groups excluding tert-OH is 1. The van der Waals surface area contributed by atoms with E-state index in [2.05, 4.69) is 26.6 Å². The number of urea groups is 1. The molecule has 0 fully saturated rings. The van der Waals surface area contributed by atoms with Crippen LogP contribution in [0.5, 0.6) is 0 Å². The summed E-state index contributed by atoms with van der Waals surface area (Å²) < 4.78 is 1.77. The summed E-state index contributed by atoms with van der Waals surface area (Å²) in [6, 6.07) is 1.09. The minimum Gasteiger partial charge on any atom is -0.396 e. The average molecular weight is 346 g/mol. The van der Waals surface area contributed by atoms with Crippen LogP contribution in [0.3, 0.4) is 0 Å². The molecule has 20 heavy (non-hydrogen) atoms. The van der Waals surface area contributed by atoms with Gasteiger partial charge in [-0.15, -0.1) is 0 Å². The summed E-state index contributed by atoms with van der Waals surface area (Å²) >= 11 is 3.15. The van der Waals surface area contributed by atoms with Crippen molar-refractivity contribution in [3.05, 3.63) is 27.1 Å². The van der Waals surface area contributed by atoms with Crippen LogP contribution in [0.25, 0.3) is 0 Å². The summed E-state index contributed by atoms with van der Waals surface area (Å²) in [4.78, 5) is 23.4. The first-order valence-electron chi connectivity index (χ1n) is 6.39. The van der Waals surface area contributed by atoms with Crippen molar-refractivity contribution in [3.63, 3.8) is 0 Å². The summed E-state index contributed by atoms with van der Waals surface area (Å²) in [6.45, 7) is 3.97. The molecule has 0 radical (unpaired) electrons. The molecule has 3 N–H and O–H groups in total. The highest BCUT2D eigenvalue weighted by molar-refractivity contribution is 9.10. The first kappa shape index (κ1) is 16.7. The molecule has 0 saturated carbocycles. The topological polar surface area (TPSA) is 83.4 Å². The number of hydrogen-bond acceptors (Lipinski definition) is 3. The minimum atomic E-state index is -0.359. The number of aliphatic hydroxyl groups is 1. The Morgan fingerprint density at radius 3 is 2.65 bits per heavy atom. The van der Waals surface area contributed by atoms with Crippen molar-refractivity contribution >= 4 is 27.6 Å². The van der Waals surface area contributed by atoms with Crippen molar-refractivity contribution in [1.29, 1.82) is 0 Å². The van der Waals surface area contributed by atoms with Crippen molar-refractivity contribution in [2.45, 2.75) is 26.3 Å². The second kappa shape index (κ2) is 7.44. The Hall–Kier alpha value is -1.34. The fraction of sp³-hybridized carbons (Fsp3) is 0.538. The predicted octanol–water partition coefficient (Wildman–Crippen LogP) is 1.68. The Morgan fingerprint density at radius 2 is 2.15 bits per heavy atom. The second-order valence-electron chi connectivity index (χ2n) is 4.95. The molecule has 1 heterocycles. The van der Waals surface area contributed by atoms with Crippen molar-refractivity contribution in [2.75, 3.05) is 11.9 Å². The lowest BCUT2D eigenvalue weighted by Crippen LogP contribution is -2.41. The van der Waals surface area contributed by atoms with Crippen molar-refractivity contribution in [1.82, 2.24) is 9.88 Å². The van der Waals surface area contributed by atoms with Crippen molar-refractivity contribution in [3.8, 4) is 0 Å². The highest BCUT2D eigenvalue weighted by Gasteiger charge is 2.15. The fourth-order valence-electron chi connectivity index (χ4n) is 1.79. The standard InChI is InChI=1S/C13H20BrN3O3/c1-8(2)11(4-5-18)16-13(20)15-9-6-10(14)12(19)17(3)7-9/h6-8,11,18H,4-5H2,1-3H3,(H2,15,16,20). The van der Waals surface area contributed by atoms with E-state index in [0.717, 1.165) is 0 Å². The zero-order valence-corrected chi connectivity index (χ0v) is 13.4. The van der Waals surface area contributed by atoms with E-state index in [9.17, 15) is 9.59 Å². The second-order valence-corrected chi connectivity index (χ2v) is 5.81. The first-order valence-corrected chi connectivity index (χ1v) is 7.19. The molecule has 112 valence electrons.